The largest absolute Gasteiger partial charge is 0.339 e. The Morgan fingerprint density at radius 1 is 1.25 bits per heavy atom. The van der Waals surface area contributed by atoms with Crippen LogP contribution in [0.25, 0.3) is 0 Å². The molecule has 4 nitrogen and oxygen atoms in total. The summed E-state index contributed by atoms with van der Waals surface area (Å²) >= 11 is 2.97. The van der Waals surface area contributed by atoms with Gasteiger partial charge >= 0.3 is 0 Å². The van der Waals surface area contributed by atoms with E-state index in [0.29, 0.717) is 13.1 Å². The molecule has 6 heteroatoms. The third-order valence-electron chi connectivity index (χ3n) is 4.17. The molecule has 126 valence electrons. The molecule has 2 amide bonds. The zero-order chi connectivity index (χ0) is 17.3. The number of hydrogen-bond donors (Lipinski definition) is 0. The van der Waals surface area contributed by atoms with Gasteiger partial charge < -0.3 is 9.80 Å². The van der Waals surface area contributed by atoms with Crippen LogP contribution in [0.2, 0.25) is 0 Å². The lowest BCUT2D eigenvalue weighted by Crippen LogP contribution is -2.56. The summed E-state index contributed by atoms with van der Waals surface area (Å²) in [5.41, 5.74) is 0.890. The molecule has 1 unspecified atom stereocenters. The topological polar surface area (TPSA) is 40.6 Å². The molecule has 24 heavy (non-hydrogen) atoms. The number of para-hydroxylation sites is 1. The molecule has 2 heterocycles. The first-order valence-electron chi connectivity index (χ1n) is 7.85. The van der Waals surface area contributed by atoms with Gasteiger partial charge in [0.05, 0.1) is 12.2 Å². The minimum Gasteiger partial charge on any atom is -0.339 e. The molecular formula is C18H20N2O2S2. The molecule has 0 spiro atoms. The second kappa shape index (κ2) is 6.61. The number of fused-ring (bicyclic) bond motifs is 1. The van der Waals surface area contributed by atoms with E-state index in [1.54, 1.807) is 35.1 Å². The highest BCUT2D eigenvalue weighted by Crippen LogP contribution is 2.46. The van der Waals surface area contributed by atoms with Crippen molar-refractivity contribution in [3.63, 3.8) is 0 Å². The molecule has 1 aliphatic heterocycles. The van der Waals surface area contributed by atoms with Crippen LogP contribution >= 0.6 is 23.1 Å². The predicted molar refractivity (Wildman–Crippen MR) is 99.5 cm³/mol. The fourth-order valence-electron chi connectivity index (χ4n) is 2.92. The van der Waals surface area contributed by atoms with Crippen molar-refractivity contribution in [3.8, 4) is 0 Å². The summed E-state index contributed by atoms with van der Waals surface area (Å²) in [6.45, 7) is 4.75. The summed E-state index contributed by atoms with van der Waals surface area (Å²) < 4.78 is -1.13. The summed E-state index contributed by atoms with van der Waals surface area (Å²) in [6.07, 6.45) is 0. The zero-order valence-electron chi connectivity index (χ0n) is 14.0. The lowest BCUT2D eigenvalue weighted by molar-refractivity contribution is -0.137. The molecular weight excluding hydrogens is 340 g/mol. The molecule has 0 fully saturated rings. The van der Waals surface area contributed by atoms with Crippen LogP contribution in [-0.2, 0) is 16.1 Å². The third kappa shape index (κ3) is 2.84. The summed E-state index contributed by atoms with van der Waals surface area (Å²) in [4.78, 5) is 31.6. The smallest absolute Gasteiger partial charge is 0.252 e. The lowest BCUT2D eigenvalue weighted by atomic mass is 10.1. The van der Waals surface area contributed by atoms with Crippen LogP contribution < -0.4 is 4.90 Å². The van der Waals surface area contributed by atoms with Gasteiger partial charge in [0.2, 0.25) is 5.91 Å². The van der Waals surface area contributed by atoms with Gasteiger partial charge in [-0.2, -0.15) is 0 Å². The molecule has 0 radical (unpaired) electrons. The first kappa shape index (κ1) is 17.0. The molecule has 0 aliphatic carbocycles. The highest BCUT2D eigenvalue weighted by atomic mass is 32.2. The fraction of sp³-hybridized carbons (Fsp3) is 0.333. The molecule has 0 bridgehead atoms. The molecule has 1 aromatic heterocycles. The molecule has 0 saturated heterocycles. The van der Waals surface area contributed by atoms with Crippen molar-refractivity contribution < 1.29 is 9.59 Å². The van der Waals surface area contributed by atoms with Crippen LogP contribution in [0.15, 0.2) is 46.7 Å². The number of benzene rings is 1. The zero-order valence-corrected chi connectivity index (χ0v) is 15.6. The van der Waals surface area contributed by atoms with Crippen LogP contribution in [0, 0.1) is 0 Å². The first-order chi connectivity index (χ1) is 11.5. The Balaban J connectivity index is 1.91. The van der Waals surface area contributed by atoms with E-state index in [1.807, 2.05) is 48.7 Å². The monoisotopic (exact) mass is 360 g/mol. The van der Waals surface area contributed by atoms with Gasteiger partial charge in [0.15, 0.2) is 4.75 Å². The Morgan fingerprint density at radius 2 is 2.00 bits per heavy atom. The Bertz CT molecular complexity index is 760. The van der Waals surface area contributed by atoms with E-state index in [4.69, 9.17) is 0 Å². The van der Waals surface area contributed by atoms with Crippen LogP contribution in [0.4, 0.5) is 5.69 Å². The number of rotatable bonds is 4. The van der Waals surface area contributed by atoms with Gasteiger partial charge in [-0.3, -0.25) is 9.59 Å². The van der Waals surface area contributed by atoms with Crippen molar-refractivity contribution in [2.45, 2.75) is 30.0 Å². The van der Waals surface area contributed by atoms with Gasteiger partial charge in [0.25, 0.3) is 5.91 Å². The van der Waals surface area contributed by atoms with Gasteiger partial charge in [-0.1, -0.05) is 30.0 Å². The lowest BCUT2D eigenvalue weighted by Gasteiger charge is -2.40. The third-order valence-corrected chi connectivity index (χ3v) is 6.35. The number of hydrogen-bond acceptors (Lipinski definition) is 4. The first-order valence-corrected chi connectivity index (χ1v) is 9.55. The molecule has 2 aromatic rings. The van der Waals surface area contributed by atoms with Crippen molar-refractivity contribution in [2.75, 3.05) is 18.5 Å². The molecule has 3 rings (SSSR count). The molecule has 1 atom stereocenters. The van der Waals surface area contributed by atoms with Crippen LogP contribution in [0.5, 0.6) is 0 Å². The Morgan fingerprint density at radius 3 is 2.67 bits per heavy atom. The van der Waals surface area contributed by atoms with E-state index in [1.165, 1.54) is 11.8 Å². The van der Waals surface area contributed by atoms with Crippen LogP contribution in [-0.4, -0.2) is 35.1 Å². The minimum atomic E-state index is -1.13. The highest BCUT2D eigenvalue weighted by Gasteiger charge is 2.50. The Kier molecular flexibility index (Phi) is 4.69. The average Bonchev–Trinajstić information content (AvgIpc) is 3.08. The Labute approximate surface area is 150 Å². The van der Waals surface area contributed by atoms with E-state index in [0.717, 1.165) is 15.5 Å². The summed E-state index contributed by atoms with van der Waals surface area (Å²) in [6, 6.07) is 11.7. The Hall–Kier alpha value is -1.79. The molecule has 1 aliphatic rings. The maximum Gasteiger partial charge on any atom is 0.252 e. The van der Waals surface area contributed by atoms with Gasteiger partial charge in [0.1, 0.15) is 0 Å². The number of carbonyl (C=O) groups is 2. The van der Waals surface area contributed by atoms with E-state index >= 15 is 0 Å². The van der Waals surface area contributed by atoms with E-state index in [2.05, 4.69) is 0 Å². The number of thioether (sulfide) groups is 1. The van der Waals surface area contributed by atoms with Gasteiger partial charge in [0, 0.05) is 23.4 Å². The van der Waals surface area contributed by atoms with Crippen LogP contribution in [0.3, 0.4) is 0 Å². The van der Waals surface area contributed by atoms with Crippen molar-refractivity contribution in [1.29, 1.82) is 0 Å². The minimum absolute atomic E-state index is 0.142. The summed E-state index contributed by atoms with van der Waals surface area (Å²) in [5.74, 6) is -0.296. The number of carbonyl (C=O) groups excluding carboxylic acids is 2. The van der Waals surface area contributed by atoms with Crippen molar-refractivity contribution in [2.24, 2.45) is 0 Å². The van der Waals surface area contributed by atoms with E-state index in [9.17, 15) is 9.59 Å². The fourth-order valence-corrected chi connectivity index (χ4v) is 4.99. The quantitative estimate of drug-likeness (QED) is 0.782. The van der Waals surface area contributed by atoms with E-state index in [-0.39, 0.29) is 11.8 Å². The standard InChI is InChI=1S/C18H20N2O2S2/c1-4-20-14-9-5-6-10-15(14)24-18(2,17(20)22)16(21)19(3)12-13-8-7-11-23-13/h5-11H,4,12H2,1-3H3. The number of amides is 2. The summed E-state index contributed by atoms with van der Waals surface area (Å²) in [5, 5.41) is 1.99. The van der Waals surface area contributed by atoms with Crippen LogP contribution in [0.1, 0.15) is 18.7 Å². The normalized spacial score (nSPS) is 20.0. The van der Waals surface area contributed by atoms with Crippen molar-refractivity contribution in [1.82, 2.24) is 4.90 Å². The van der Waals surface area contributed by atoms with Gasteiger partial charge in [-0.05, 0) is 37.4 Å². The molecule has 0 N–H and O–H groups in total. The van der Waals surface area contributed by atoms with E-state index < -0.39 is 4.75 Å². The second-order valence-electron chi connectivity index (χ2n) is 5.89. The molecule has 1 aromatic carbocycles. The molecule has 0 saturated carbocycles. The van der Waals surface area contributed by atoms with Gasteiger partial charge in [-0.15, -0.1) is 11.3 Å². The van der Waals surface area contributed by atoms with Gasteiger partial charge in [-0.25, -0.2) is 0 Å². The highest BCUT2D eigenvalue weighted by molar-refractivity contribution is 8.02. The second-order valence-corrected chi connectivity index (χ2v) is 8.39. The number of anilines is 1. The predicted octanol–water partition coefficient (Wildman–Crippen LogP) is 3.62. The van der Waals surface area contributed by atoms with Crippen molar-refractivity contribution in [3.05, 3.63) is 46.7 Å². The summed E-state index contributed by atoms with van der Waals surface area (Å²) in [7, 11) is 1.76. The maximum atomic E-state index is 13.1. The SMILES string of the molecule is CCN1C(=O)C(C)(C(=O)N(C)Cc2cccs2)Sc2ccccc21. The average molecular weight is 361 g/mol. The number of nitrogens with zero attached hydrogens (tertiary/aromatic N) is 2. The maximum absolute atomic E-state index is 13.1. The number of thiophene rings is 1. The van der Waals surface area contributed by atoms with Crippen molar-refractivity contribution >= 4 is 40.6 Å².